The number of hydrogen-bond donors (Lipinski definition) is 1. The minimum atomic E-state index is -0.811. The van der Waals surface area contributed by atoms with E-state index in [1.807, 2.05) is 18.2 Å². The number of rotatable bonds is 17. The summed E-state index contributed by atoms with van der Waals surface area (Å²) < 4.78 is 4.99. The zero-order chi connectivity index (χ0) is 23.7. The van der Waals surface area contributed by atoms with Gasteiger partial charge in [0.2, 0.25) is 0 Å². The molecule has 0 aliphatic carbocycles. The predicted octanol–water partition coefficient (Wildman–Crippen LogP) is 7.01. The molecule has 1 N–H and O–H groups in total. The number of ether oxygens (including phenoxy) is 1. The molecule has 0 radical (unpaired) electrons. The van der Waals surface area contributed by atoms with Gasteiger partial charge < -0.3 is 9.84 Å². The van der Waals surface area contributed by atoms with Crippen LogP contribution in [0.25, 0.3) is 0 Å². The van der Waals surface area contributed by atoms with Gasteiger partial charge in [0, 0.05) is 11.0 Å². The maximum Gasteiger partial charge on any atom is 0.306 e. The summed E-state index contributed by atoms with van der Waals surface area (Å²) in [5.74, 6) is -0.473. The maximum atomic E-state index is 11.6. The quantitative estimate of drug-likeness (QED) is 0.199. The molecule has 0 heterocycles. The lowest BCUT2D eigenvalue weighted by atomic mass is 9.97. The van der Waals surface area contributed by atoms with Crippen LogP contribution in [0.3, 0.4) is 0 Å². The highest BCUT2D eigenvalue weighted by Gasteiger charge is 2.19. The molecule has 2 aromatic rings. The highest BCUT2D eigenvalue weighted by atomic mass is 32.2. The maximum absolute atomic E-state index is 11.6. The third-order valence-corrected chi connectivity index (χ3v) is 6.96. The molecular formula is C28H38O4S. The largest absolute Gasteiger partial charge is 0.481 e. The van der Waals surface area contributed by atoms with Crippen molar-refractivity contribution in [2.24, 2.45) is 0 Å². The van der Waals surface area contributed by atoms with E-state index in [0.29, 0.717) is 18.8 Å². The Kier molecular flexibility index (Phi) is 13.4. The Morgan fingerprint density at radius 1 is 0.879 bits per heavy atom. The first kappa shape index (κ1) is 27.0. The van der Waals surface area contributed by atoms with E-state index < -0.39 is 5.97 Å². The Morgan fingerprint density at radius 3 is 2.21 bits per heavy atom. The average Bonchev–Trinajstić information content (AvgIpc) is 2.81. The summed E-state index contributed by atoms with van der Waals surface area (Å²) in [5, 5.41) is 9.27. The van der Waals surface area contributed by atoms with E-state index in [-0.39, 0.29) is 17.6 Å². The molecule has 33 heavy (non-hydrogen) atoms. The summed E-state index contributed by atoms with van der Waals surface area (Å²) in [6.07, 6.45) is 9.82. The highest BCUT2D eigenvalue weighted by Crippen LogP contribution is 2.35. The van der Waals surface area contributed by atoms with E-state index in [4.69, 9.17) is 4.74 Å². The number of aliphatic carboxylic acids is 1. The van der Waals surface area contributed by atoms with Crippen molar-refractivity contribution in [1.29, 1.82) is 0 Å². The van der Waals surface area contributed by atoms with Crippen LogP contribution in [0.15, 0.2) is 54.6 Å². The summed E-state index contributed by atoms with van der Waals surface area (Å²) in [4.78, 5) is 23.1. The van der Waals surface area contributed by atoms with Crippen LogP contribution in [0.4, 0.5) is 0 Å². The first-order valence-electron chi connectivity index (χ1n) is 12.2. The molecule has 0 saturated carbocycles. The first-order chi connectivity index (χ1) is 16.1. The van der Waals surface area contributed by atoms with Gasteiger partial charge in [0.05, 0.1) is 19.4 Å². The number of esters is 1. The first-order valence-corrected chi connectivity index (χ1v) is 13.3. The van der Waals surface area contributed by atoms with Gasteiger partial charge in [-0.15, -0.1) is 0 Å². The van der Waals surface area contributed by atoms with Gasteiger partial charge in [-0.3, -0.25) is 9.59 Å². The zero-order valence-corrected chi connectivity index (χ0v) is 20.7. The third-order valence-electron chi connectivity index (χ3n) is 5.70. The molecule has 0 spiro atoms. The second kappa shape index (κ2) is 16.4. The number of carboxylic acids is 1. The lowest BCUT2D eigenvalue weighted by Gasteiger charge is -2.19. The SMILES string of the molecule is CCOC(=O)CCSC(CC(=O)O)c1ccccc1CCCCCCCCc1ccccc1. The smallest absolute Gasteiger partial charge is 0.306 e. The van der Waals surface area contributed by atoms with Crippen LogP contribution in [0, 0.1) is 0 Å². The Morgan fingerprint density at radius 2 is 1.52 bits per heavy atom. The molecule has 2 rings (SSSR count). The highest BCUT2D eigenvalue weighted by molar-refractivity contribution is 7.99. The van der Waals surface area contributed by atoms with Crippen LogP contribution in [0.5, 0.6) is 0 Å². The summed E-state index contributed by atoms with van der Waals surface area (Å²) >= 11 is 1.54. The molecule has 5 heteroatoms. The van der Waals surface area contributed by atoms with Crippen molar-refractivity contribution in [3.05, 3.63) is 71.3 Å². The molecule has 4 nitrogen and oxygen atoms in total. The second-order valence-corrected chi connectivity index (χ2v) is 9.63. The zero-order valence-electron chi connectivity index (χ0n) is 19.8. The molecule has 0 fully saturated rings. The van der Waals surface area contributed by atoms with Crippen molar-refractivity contribution in [2.75, 3.05) is 12.4 Å². The van der Waals surface area contributed by atoms with E-state index in [2.05, 4.69) is 36.4 Å². The minimum Gasteiger partial charge on any atom is -0.481 e. The van der Waals surface area contributed by atoms with Crippen molar-refractivity contribution in [3.63, 3.8) is 0 Å². The van der Waals surface area contributed by atoms with E-state index in [9.17, 15) is 14.7 Å². The Labute approximate surface area is 203 Å². The average molecular weight is 471 g/mol. The van der Waals surface area contributed by atoms with Gasteiger partial charge in [0.15, 0.2) is 0 Å². The van der Waals surface area contributed by atoms with Crippen LogP contribution in [-0.2, 0) is 27.2 Å². The van der Waals surface area contributed by atoms with Crippen LogP contribution < -0.4 is 0 Å². The van der Waals surface area contributed by atoms with Gasteiger partial charge >= 0.3 is 11.9 Å². The minimum absolute atomic E-state index is 0.0614. The van der Waals surface area contributed by atoms with Gasteiger partial charge in [-0.1, -0.05) is 80.3 Å². The van der Waals surface area contributed by atoms with E-state index in [1.54, 1.807) is 18.7 Å². The fourth-order valence-electron chi connectivity index (χ4n) is 4.01. The molecule has 0 aliphatic rings. The lowest BCUT2D eigenvalue weighted by molar-refractivity contribution is -0.142. The Bertz CT molecular complexity index is 822. The standard InChI is InChI=1S/C28H38O4S/c1-2-32-28(31)20-21-33-26(22-27(29)30)25-19-13-12-18-24(25)17-11-6-4-3-5-8-14-23-15-9-7-10-16-23/h7,9-10,12-13,15-16,18-19,26H,2-6,8,11,14,17,20-22H2,1H3,(H,29,30). The number of carboxylic acid groups (broad SMARTS) is 1. The summed E-state index contributed by atoms with van der Waals surface area (Å²) in [6, 6.07) is 18.8. The van der Waals surface area contributed by atoms with Crippen molar-refractivity contribution in [2.45, 2.75) is 76.4 Å². The fourth-order valence-corrected chi connectivity index (χ4v) is 5.25. The molecule has 180 valence electrons. The van der Waals surface area contributed by atoms with Gasteiger partial charge in [-0.05, 0) is 49.3 Å². The molecular weight excluding hydrogens is 432 g/mol. The summed E-state index contributed by atoms with van der Waals surface area (Å²) in [7, 11) is 0. The van der Waals surface area contributed by atoms with Crippen molar-refractivity contribution in [1.82, 2.24) is 0 Å². The van der Waals surface area contributed by atoms with Gasteiger partial charge in [-0.25, -0.2) is 0 Å². The lowest BCUT2D eigenvalue weighted by Crippen LogP contribution is -2.09. The predicted molar refractivity (Wildman–Crippen MR) is 137 cm³/mol. The summed E-state index contributed by atoms with van der Waals surface area (Å²) in [5.41, 5.74) is 3.75. The van der Waals surface area contributed by atoms with E-state index >= 15 is 0 Å². The third kappa shape index (κ3) is 11.4. The van der Waals surface area contributed by atoms with Gasteiger partial charge in [0.1, 0.15) is 0 Å². The van der Waals surface area contributed by atoms with Crippen LogP contribution in [-0.4, -0.2) is 29.4 Å². The fraction of sp³-hybridized carbons (Fsp3) is 0.500. The molecule has 0 aliphatic heterocycles. The summed E-state index contributed by atoms with van der Waals surface area (Å²) in [6.45, 7) is 2.16. The van der Waals surface area contributed by atoms with Gasteiger partial charge in [0.25, 0.3) is 0 Å². The van der Waals surface area contributed by atoms with Crippen molar-refractivity contribution < 1.29 is 19.4 Å². The molecule has 0 aromatic heterocycles. The molecule has 1 atom stereocenters. The number of hydrogen-bond acceptors (Lipinski definition) is 4. The number of benzene rings is 2. The van der Waals surface area contributed by atoms with E-state index in [1.165, 1.54) is 43.2 Å². The second-order valence-electron chi connectivity index (χ2n) is 8.32. The number of carbonyl (C=O) groups is 2. The number of unbranched alkanes of at least 4 members (excludes halogenated alkanes) is 5. The topological polar surface area (TPSA) is 63.6 Å². The number of aryl methyl sites for hydroxylation is 2. The number of carbonyl (C=O) groups excluding carboxylic acids is 1. The molecule has 0 saturated heterocycles. The van der Waals surface area contributed by atoms with Crippen molar-refractivity contribution >= 4 is 23.7 Å². The molecule has 0 amide bonds. The van der Waals surface area contributed by atoms with Crippen LogP contribution >= 0.6 is 11.8 Å². The molecule has 1 unspecified atom stereocenters. The van der Waals surface area contributed by atoms with Crippen molar-refractivity contribution in [3.8, 4) is 0 Å². The molecule has 0 bridgehead atoms. The normalized spacial score (nSPS) is 11.8. The monoisotopic (exact) mass is 470 g/mol. The Hall–Kier alpha value is -2.27. The van der Waals surface area contributed by atoms with E-state index in [0.717, 1.165) is 24.8 Å². The van der Waals surface area contributed by atoms with Gasteiger partial charge in [-0.2, -0.15) is 11.8 Å². The Balaban J connectivity index is 1.75. The van der Waals surface area contributed by atoms with Crippen LogP contribution in [0.2, 0.25) is 0 Å². The number of thioether (sulfide) groups is 1. The molecule has 2 aromatic carbocycles. The van der Waals surface area contributed by atoms with Crippen LogP contribution in [0.1, 0.15) is 80.2 Å².